The molecule has 0 aromatic rings. The average molecular weight is 1550 g/mol. The number of rotatable bonds is 71. The van der Waals surface area contributed by atoms with Crippen LogP contribution in [-0.4, -0.2) is 193 Å². The van der Waals surface area contributed by atoms with Gasteiger partial charge >= 0.3 is 0 Å². The summed E-state index contributed by atoms with van der Waals surface area (Å²) in [5.74, 6) is -0.270. The molecule has 3 aliphatic rings. The Labute approximate surface area is 661 Å². The summed E-state index contributed by atoms with van der Waals surface area (Å²) in [6, 6.07) is -0.976. The topological polar surface area (TPSA) is 307 Å². The molecule has 0 aliphatic carbocycles. The van der Waals surface area contributed by atoms with Gasteiger partial charge in [-0.05, 0) is 70.6 Å². The van der Waals surface area contributed by atoms with Crippen LogP contribution in [0.2, 0.25) is 0 Å². The van der Waals surface area contributed by atoms with Crippen LogP contribution in [0.5, 0.6) is 0 Å². The minimum atomic E-state index is -1.98. The third-order valence-electron chi connectivity index (χ3n) is 21.7. The lowest BCUT2D eigenvalue weighted by Gasteiger charge is -2.48. The molecule has 0 bridgehead atoms. The van der Waals surface area contributed by atoms with Crippen LogP contribution in [0.3, 0.4) is 0 Å². The number of ether oxygens (including phenoxy) is 6. The van der Waals surface area contributed by atoms with Gasteiger partial charge in [0.15, 0.2) is 18.9 Å². The summed E-state index contributed by atoms with van der Waals surface area (Å²) in [5, 5.41) is 121. The van der Waals surface area contributed by atoms with Crippen LogP contribution < -0.4 is 5.32 Å². The van der Waals surface area contributed by atoms with Gasteiger partial charge in [-0.1, -0.05) is 356 Å². The van der Waals surface area contributed by atoms with Crippen molar-refractivity contribution in [1.82, 2.24) is 5.32 Å². The molecular formula is C90H161NO18. The zero-order chi connectivity index (χ0) is 78.8. The number of allylic oxidation sites excluding steroid dienone is 13. The van der Waals surface area contributed by atoms with E-state index in [4.69, 9.17) is 28.4 Å². The highest BCUT2D eigenvalue weighted by Crippen LogP contribution is 2.33. The van der Waals surface area contributed by atoms with Crippen molar-refractivity contribution in [2.75, 3.05) is 26.4 Å². The molecule has 0 radical (unpaired) electrons. The van der Waals surface area contributed by atoms with E-state index < -0.39 is 124 Å². The van der Waals surface area contributed by atoms with Crippen LogP contribution >= 0.6 is 0 Å². The van der Waals surface area contributed by atoms with Crippen LogP contribution in [0.15, 0.2) is 85.1 Å². The Kier molecular flexibility index (Phi) is 63.7. The standard InChI is InChI=1S/C90H161NO18/c1-3-5-7-9-11-13-15-17-19-21-23-25-27-28-29-30-31-32-33-34-35-36-37-38-39-40-41-42-43-44-46-48-50-52-54-56-58-60-62-64-66-68-78(96)91-73(74(95)67-65-63-61-59-57-55-53-51-49-47-45-26-24-22-20-18-16-14-12-10-8-6-4-2)72-104-88-84(102)81(99)86(76(70-93)106-88)109-90-85(103)82(100)87(77(71-94)107-90)108-89-83(101)80(98)79(97)75(69-92)105-89/h5,7,11,13,17,19,23,25,28-29,31-32,65,67,73-77,79-90,92-95,97-103H,3-4,6,8-10,12,14-16,18,20-22,24,26-27,30,33-64,66,68-72H2,1-2H3,(H,91,96)/b7-5-,13-11-,19-17-,25-23-,29-28-,32-31-,67-65+. The van der Waals surface area contributed by atoms with Crippen LogP contribution in [0.4, 0.5) is 0 Å². The number of hydrogen-bond acceptors (Lipinski definition) is 18. The molecule has 0 spiro atoms. The van der Waals surface area contributed by atoms with E-state index in [0.29, 0.717) is 6.42 Å². The van der Waals surface area contributed by atoms with Gasteiger partial charge in [-0.2, -0.15) is 0 Å². The van der Waals surface area contributed by atoms with Crippen molar-refractivity contribution in [3.05, 3.63) is 85.1 Å². The Morgan fingerprint density at radius 3 is 0.991 bits per heavy atom. The first-order valence-electron chi connectivity index (χ1n) is 44.3. The molecule has 17 unspecified atom stereocenters. The normalized spacial score (nSPS) is 25.7. The van der Waals surface area contributed by atoms with Gasteiger partial charge in [0.05, 0.1) is 38.6 Å². The first kappa shape index (κ1) is 100. The van der Waals surface area contributed by atoms with Crippen LogP contribution in [0.1, 0.15) is 348 Å². The second kappa shape index (κ2) is 69.3. The molecule has 0 aromatic carbocycles. The highest BCUT2D eigenvalue weighted by Gasteiger charge is 2.54. The summed E-state index contributed by atoms with van der Waals surface area (Å²) in [6.07, 6.45) is 67.3. The quantitative estimate of drug-likeness (QED) is 0.0199. The number of carbonyl (C=O) groups is 1. The molecule has 0 saturated carbocycles. The number of aliphatic hydroxyl groups is 11. The fourth-order valence-electron chi connectivity index (χ4n) is 14.7. The van der Waals surface area contributed by atoms with E-state index >= 15 is 0 Å². The lowest BCUT2D eigenvalue weighted by atomic mass is 9.96. The van der Waals surface area contributed by atoms with Crippen LogP contribution in [0, 0.1) is 0 Å². The van der Waals surface area contributed by atoms with Crippen molar-refractivity contribution < 1.29 is 89.4 Å². The third-order valence-corrected chi connectivity index (χ3v) is 21.7. The van der Waals surface area contributed by atoms with Gasteiger partial charge in [0.2, 0.25) is 5.91 Å². The number of unbranched alkanes of at least 4 members (excludes halogenated alkanes) is 43. The Balaban J connectivity index is 1.30. The van der Waals surface area contributed by atoms with Gasteiger partial charge in [-0.3, -0.25) is 4.79 Å². The van der Waals surface area contributed by atoms with E-state index in [2.05, 4.69) is 92.1 Å². The van der Waals surface area contributed by atoms with Crippen molar-refractivity contribution in [2.45, 2.75) is 452 Å². The summed E-state index contributed by atoms with van der Waals surface area (Å²) in [7, 11) is 0. The highest BCUT2D eigenvalue weighted by atomic mass is 16.8. The fraction of sp³-hybridized carbons (Fsp3) is 0.833. The van der Waals surface area contributed by atoms with Gasteiger partial charge < -0.3 is 89.9 Å². The van der Waals surface area contributed by atoms with E-state index in [9.17, 15) is 61.0 Å². The first-order chi connectivity index (χ1) is 53.3. The minimum absolute atomic E-state index is 0.245. The number of nitrogens with one attached hydrogen (secondary N) is 1. The van der Waals surface area contributed by atoms with E-state index in [0.717, 1.165) is 83.5 Å². The molecule has 17 atom stereocenters. The van der Waals surface area contributed by atoms with Gasteiger partial charge in [-0.25, -0.2) is 0 Å². The predicted molar refractivity (Wildman–Crippen MR) is 438 cm³/mol. The zero-order valence-electron chi connectivity index (χ0n) is 68.3. The molecule has 0 aromatic heterocycles. The van der Waals surface area contributed by atoms with Crippen LogP contribution in [0.25, 0.3) is 0 Å². The maximum atomic E-state index is 13.5. The lowest BCUT2D eigenvalue weighted by Crippen LogP contribution is -2.66. The fourth-order valence-corrected chi connectivity index (χ4v) is 14.7. The second-order valence-electron chi connectivity index (χ2n) is 31.3. The number of amides is 1. The monoisotopic (exact) mass is 1540 g/mol. The Morgan fingerprint density at radius 2 is 0.633 bits per heavy atom. The zero-order valence-corrected chi connectivity index (χ0v) is 68.3. The SMILES string of the molecule is CC/C=C\C/C=C\C/C=C\C/C=C\C/C=C\C/C=C\CCCCCCCCCCCCCCCCCCCCCCCCC(=O)NC(COC1OC(CO)C(OC2OC(CO)C(OC3OC(CO)C(O)C(O)C3O)C(O)C2O)C(O)C1O)C(O)/C=C/CCCCCCCCCCCCCCCCCCCCCCC. The molecule has 634 valence electrons. The summed E-state index contributed by atoms with van der Waals surface area (Å²) < 4.78 is 34.5. The third kappa shape index (κ3) is 48.2. The van der Waals surface area contributed by atoms with Crippen molar-refractivity contribution in [1.29, 1.82) is 0 Å². The molecule has 3 heterocycles. The molecule has 3 aliphatic heterocycles. The molecular weight excluding hydrogens is 1380 g/mol. The summed E-state index contributed by atoms with van der Waals surface area (Å²) in [4.78, 5) is 13.5. The van der Waals surface area contributed by atoms with Crippen molar-refractivity contribution in [2.24, 2.45) is 0 Å². The van der Waals surface area contributed by atoms with E-state index in [1.807, 2.05) is 6.08 Å². The highest BCUT2D eigenvalue weighted by molar-refractivity contribution is 5.76. The smallest absolute Gasteiger partial charge is 0.220 e. The molecule has 3 fully saturated rings. The van der Waals surface area contributed by atoms with E-state index in [1.54, 1.807) is 6.08 Å². The summed E-state index contributed by atoms with van der Waals surface area (Å²) in [6.45, 7) is 1.67. The molecule has 3 saturated heterocycles. The number of carbonyl (C=O) groups excluding carboxylic acids is 1. The molecule has 19 heteroatoms. The molecule has 12 N–H and O–H groups in total. The summed E-state index contributed by atoms with van der Waals surface area (Å²) in [5.41, 5.74) is 0. The molecule has 3 rings (SSSR count). The Bertz CT molecular complexity index is 2300. The van der Waals surface area contributed by atoms with E-state index in [1.165, 1.54) is 238 Å². The average Bonchev–Trinajstić information content (AvgIpc) is 0.760. The van der Waals surface area contributed by atoms with Gasteiger partial charge in [0.25, 0.3) is 0 Å². The molecule has 109 heavy (non-hydrogen) atoms. The molecule has 1 amide bonds. The van der Waals surface area contributed by atoms with Crippen molar-refractivity contribution in [3.8, 4) is 0 Å². The maximum Gasteiger partial charge on any atom is 0.220 e. The van der Waals surface area contributed by atoms with Gasteiger partial charge in [0, 0.05) is 6.42 Å². The number of aliphatic hydroxyl groups excluding tert-OH is 11. The number of hydrogen-bond donors (Lipinski definition) is 12. The van der Waals surface area contributed by atoms with Crippen molar-refractivity contribution >= 4 is 5.91 Å². The van der Waals surface area contributed by atoms with E-state index in [-0.39, 0.29) is 18.9 Å². The van der Waals surface area contributed by atoms with Crippen LogP contribution in [-0.2, 0) is 33.2 Å². The van der Waals surface area contributed by atoms with Gasteiger partial charge in [-0.15, -0.1) is 0 Å². The Morgan fingerprint density at radius 1 is 0.339 bits per heavy atom. The van der Waals surface area contributed by atoms with Crippen molar-refractivity contribution in [3.63, 3.8) is 0 Å². The summed E-state index contributed by atoms with van der Waals surface area (Å²) >= 11 is 0. The lowest BCUT2D eigenvalue weighted by molar-refractivity contribution is -0.379. The predicted octanol–water partition coefficient (Wildman–Crippen LogP) is 16.5. The minimum Gasteiger partial charge on any atom is -0.394 e. The molecule has 19 nitrogen and oxygen atoms in total. The Hall–Kier alpha value is -3.03. The first-order valence-corrected chi connectivity index (χ1v) is 44.3. The maximum absolute atomic E-state index is 13.5. The van der Waals surface area contributed by atoms with Gasteiger partial charge in [0.1, 0.15) is 73.2 Å². The largest absolute Gasteiger partial charge is 0.394 e. The second-order valence-corrected chi connectivity index (χ2v) is 31.3.